The molecule has 0 unspecified atom stereocenters. The summed E-state index contributed by atoms with van der Waals surface area (Å²) in [5, 5.41) is 5.41. The van der Waals surface area contributed by atoms with Crippen molar-refractivity contribution in [3.05, 3.63) is 34.3 Å². The van der Waals surface area contributed by atoms with E-state index in [-0.39, 0.29) is 24.4 Å². The maximum atomic E-state index is 11.8. The Bertz CT molecular complexity index is 437. The lowest BCUT2D eigenvalue weighted by atomic mass is 10.2. The predicted molar refractivity (Wildman–Crippen MR) is 82.5 cm³/mol. The van der Waals surface area contributed by atoms with Gasteiger partial charge in [0.05, 0.1) is 6.54 Å². The van der Waals surface area contributed by atoms with Crippen molar-refractivity contribution >= 4 is 39.5 Å². The van der Waals surface area contributed by atoms with E-state index in [1.807, 2.05) is 13.2 Å². The van der Waals surface area contributed by atoms with E-state index in [9.17, 15) is 9.59 Å². The van der Waals surface area contributed by atoms with Gasteiger partial charge in [0.15, 0.2) is 0 Å². The predicted octanol–water partition coefficient (Wildman–Crippen LogP) is 2.05. The average Bonchev–Trinajstić information content (AvgIpc) is 2.37. The number of halogens is 1. The summed E-state index contributed by atoms with van der Waals surface area (Å²) in [5.74, 6) is 0.430. The SMILES string of the molecule is CSC[C@H](C)NC(=O)CNC(=O)c1ccc(Br)cc1. The molecular weight excluding hydrogens is 328 g/mol. The molecular formula is C13H17BrN2O2S. The van der Waals surface area contributed by atoms with Crippen LogP contribution in [0.25, 0.3) is 0 Å². The van der Waals surface area contributed by atoms with E-state index in [1.54, 1.807) is 36.0 Å². The Kier molecular flexibility index (Phi) is 6.94. The second kappa shape index (κ2) is 8.22. The molecule has 1 aromatic carbocycles. The minimum absolute atomic E-state index is 0.00633. The van der Waals surface area contributed by atoms with Crippen LogP contribution >= 0.6 is 27.7 Å². The van der Waals surface area contributed by atoms with Gasteiger partial charge in [0, 0.05) is 21.8 Å². The zero-order chi connectivity index (χ0) is 14.3. The fraction of sp³-hybridized carbons (Fsp3) is 0.385. The third kappa shape index (κ3) is 6.11. The first-order valence-corrected chi connectivity index (χ1v) is 8.03. The van der Waals surface area contributed by atoms with Gasteiger partial charge in [0.2, 0.25) is 5.91 Å². The lowest BCUT2D eigenvalue weighted by Crippen LogP contribution is -2.41. The Morgan fingerprint density at radius 1 is 1.32 bits per heavy atom. The first-order valence-electron chi connectivity index (χ1n) is 5.85. The van der Waals surface area contributed by atoms with Gasteiger partial charge in [-0.2, -0.15) is 11.8 Å². The largest absolute Gasteiger partial charge is 0.351 e. The number of hydrogen-bond donors (Lipinski definition) is 2. The van der Waals surface area contributed by atoms with E-state index in [1.165, 1.54) is 0 Å². The van der Waals surface area contributed by atoms with Gasteiger partial charge in [-0.25, -0.2) is 0 Å². The van der Waals surface area contributed by atoms with E-state index < -0.39 is 0 Å². The molecule has 19 heavy (non-hydrogen) atoms. The van der Waals surface area contributed by atoms with E-state index in [0.29, 0.717) is 5.56 Å². The summed E-state index contributed by atoms with van der Waals surface area (Å²) in [7, 11) is 0. The molecule has 0 bridgehead atoms. The van der Waals surface area contributed by atoms with Crippen LogP contribution in [0.4, 0.5) is 0 Å². The fourth-order valence-electron chi connectivity index (χ4n) is 1.48. The number of carbonyl (C=O) groups excluding carboxylic acids is 2. The van der Waals surface area contributed by atoms with Crippen molar-refractivity contribution < 1.29 is 9.59 Å². The van der Waals surface area contributed by atoms with Gasteiger partial charge < -0.3 is 10.6 Å². The van der Waals surface area contributed by atoms with Crippen molar-refractivity contribution in [1.29, 1.82) is 0 Å². The first kappa shape index (κ1) is 16.0. The molecule has 0 aromatic heterocycles. The molecule has 0 radical (unpaired) electrons. The third-order valence-corrected chi connectivity index (χ3v) is 3.70. The molecule has 104 valence electrons. The highest BCUT2D eigenvalue weighted by Crippen LogP contribution is 2.10. The Morgan fingerprint density at radius 3 is 2.53 bits per heavy atom. The second-order valence-electron chi connectivity index (χ2n) is 4.11. The molecule has 0 aliphatic heterocycles. The smallest absolute Gasteiger partial charge is 0.251 e. The lowest BCUT2D eigenvalue weighted by molar-refractivity contribution is -0.120. The maximum Gasteiger partial charge on any atom is 0.251 e. The molecule has 2 amide bonds. The highest BCUT2D eigenvalue weighted by atomic mass is 79.9. The number of nitrogens with one attached hydrogen (secondary N) is 2. The average molecular weight is 345 g/mol. The zero-order valence-electron chi connectivity index (χ0n) is 10.9. The van der Waals surface area contributed by atoms with Crippen LogP contribution < -0.4 is 10.6 Å². The van der Waals surface area contributed by atoms with Crippen LogP contribution in [0.5, 0.6) is 0 Å². The van der Waals surface area contributed by atoms with Gasteiger partial charge in [-0.1, -0.05) is 15.9 Å². The molecule has 0 heterocycles. The number of carbonyl (C=O) groups is 2. The first-order chi connectivity index (χ1) is 9.02. The molecule has 0 aliphatic carbocycles. The van der Waals surface area contributed by atoms with Gasteiger partial charge in [-0.15, -0.1) is 0 Å². The maximum absolute atomic E-state index is 11.8. The van der Waals surface area contributed by atoms with Crippen LogP contribution in [0.2, 0.25) is 0 Å². The van der Waals surface area contributed by atoms with Gasteiger partial charge >= 0.3 is 0 Å². The third-order valence-electron chi connectivity index (χ3n) is 2.34. The van der Waals surface area contributed by atoms with Crippen molar-refractivity contribution in [3.63, 3.8) is 0 Å². The number of amides is 2. The second-order valence-corrected chi connectivity index (χ2v) is 5.94. The molecule has 6 heteroatoms. The Labute approximate surface area is 125 Å². The Balaban J connectivity index is 2.37. The summed E-state index contributed by atoms with van der Waals surface area (Å²) < 4.78 is 0.910. The minimum Gasteiger partial charge on any atom is -0.351 e. The van der Waals surface area contributed by atoms with Crippen molar-refractivity contribution in [1.82, 2.24) is 10.6 Å². The van der Waals surface area contributed by atoms with Gasteiger partial charge in [0.1, 0.15) is 0 Å². The van der Waals surface area contributed by atoms with E-state index >= 15 is 0 Å². The molecule has 1 atom stereocenters. The van der Waals surface area contributed by atoms with Crippen LogP contribution in [0.1, 0.15) is 17.3 Å². The van der Waals surface area contributed by atoms with Crippen LogP contribution in [-0.4, -0.2) is 36.4 Å². The zero-order valence-corrected chi connectivity index (χ0v) is 13.3. The topological polar surface area (TPSA) is 58.2 Å². The summed E-state index contributed by atoms with van der Waals surface area (Å²) in [6, 6.07) is 7.08. The van der Waals surface area contributed by atoms with Crippen LogP contribution in [0.3, 0.4) is 0 Å². The highest BCUT2D eigenvalue weighted by molar-refractivity contribution is 9.10. The van der Waals surface area contributed by atoms with Crippen LogP contribution in [0, 0.1) is 0 Å². The number of rotatable bonds is 6. The van der Waals surface area contributed by atoms with E-state index in [4.69, 9.17) is 0 Å². The molecule has 1 aromatic rings. The summed E-state index contributed by atoms with van der Waals surface area (Å²) >= 11 is 4.97. The molecule has 1 rings (SSSR count). The Morgan fingerprint density at radius 2 is 1.95 bits per heavy atom. The van der Waals surface area contributed by atoms with Crippen LogP contribution in [-0.2, 0) is 4.79 Å². The van der Waals surface area contributed by atoms with E-state index in [0.717, 1.165) is 10.2 Å². The normalized spacial score (nSPS) is 11.7. The number of thioether (sulfide) groups is 1. The monoisotopic (exact) mass is 344 g/mol. The highest BCUT2D eigenvalue weighted by Gasteiger charge is 2.09. The van der Waals surface area contributed by atoms with Gasteiger partial charge in [-0.05, 0) is 37.4 Å². The molecule has 0 spiro atoms. The summed E-state index contributed by atoms with van der Waals surface area (Å²) in [6.07, 6.45) is 1.98. The summed E-state index contributed by atoms with van der Waals surface area (Å²) in [6.45, 7) is 1.93. The van der Waals surface area contributed by atoms with E-state index in [2.05, 4.69) is 26.6 Å². The fourth-order valence-corrected chi connectivity index (χ4v) is 2.33. The van der Waals surface area contributed by atoms with Gasteiger partial charge in [0.25, 0.3) is 5.91 Å². The molecule has 0 saturated carbocycles. The summed E-state index contributed by atoms with van der Waals surface area (Å²) in [5.41, 5.74) is 0.535. The Hall–Kier alpha value is -1.01. The minimum atomic E-state index is -0.250. The molecule has 2 N–H and O–H groups in total. The molecule has 0 fully saturated rings. The van der Waals surface area contributed by atoms with Crippen molar-refractivity contribution in [2.24, 2.45) is 0 Å². The molecule has 4 nitrogen and oxygen atoms in total. The molecule has 0 saturated heterocycles. The summed E-state index contributed by atoms with van der Waals surface area (Å²) in [4.78, 5) is 23.3. The lowest BCUT2D eigenvalue weighted by Gasteiger charge is -2.12. The van der Waals surface area contributed by atoms with Crippen LogP contribution in [0.15, 0.2) is 28.7 Å². The number of benzene rings is 1. The molecule has 0 aliphatic rings. The quantitative estimate of drug-likeness (QED) is 0.830. The van der Waals surface area contributed by atoms with Gasteiger partial charge in [-0.3, -0.25) is 9.59 Å². The van der Waals surface area contributed by atoms with Crippen molar-refractivity contribution in [2.75, 3.05) is 18.6 Å². The van der Waals surface area contributed by atoms with Crippen molar-refractivity contribution in [3.8, 4) is 0 Å². The standard InChI is InChI=1S/C13H17BrN2O2S/c1-9(8-19-2)16-12(17)7-15-13(18)10-3-5-11(14)6-4-10/h3-6,9H,7-8H2,1-2H3,(H,15,18)(H,16,17)/t9-/m0/s1. The van der Waals surface area contributed by atoms with Crippen molar-refractivity contribution in [2.45, 2.75) is 13.0 Å². The number of hydrogen-bond acceptors (Lipinski definition) is 3.